The molecule has 1 atom stereocenters. The van der Waals surface area contributed by atoms with Crippen molar-refractivity contribution in [3.8, 4) is 5.75 Å². The number of nitrogens with zero attached hydrogens (tertiary/aromatic N) is 2. The van der Waals surface area contributed by atoms with Crippen LogP contribution in [0.15, 0.2) is 59.1 Å². The Kier molecular flexibility index (Phi) is 5.60. The fraction of sp³-hybridized carbons (Fsp3) is 0.304. The van der Waals surface area contributed by atoms with Gasteiger partial charge in [-0.15, -0.1) is 0 Å². The highest BCUT2D eigenvalue weighted by molar-refractivity contribution is 5.97. The SMILES string of the molecule is COc1ccccc1C(=O)N1CCCC(c2ncc(Cc3ccc(F)cc3)o2)C1. The van der Waals surface area contributed by atoms with Crippen molar-refractivity contribution in [2.45, 2.75) is 25.2 Å². The van der Waals surface area contributed by atoms with Crippen LogP contribution in [0.2, 0.25) is 0 Å². The molecule has 0 aliphatic carbocycles. The zero-order valence-electron chi connectivity index (χ0n) is 16.3. The average Bonchev–Trinajstić information content (AvgIpc) is 3.23. The molecule has 1 aromatic heterocycles. The lowest BCUT2D eigenvalue weighted by molar-refractivity contribution is 0.0694. The summed E-state index contributed by atoms with van der Waals surface area (Å²) in [4.78, 5) is 19.3. The molecule has 1 aliphatic heterocycles. The molecule has 5 nitrogen and oxygen atoms in total. The summed E-state index contributed by atoms with van der Waals surface area (Å²) in [5, 5.41) is 0. The monoisotopic (exact) mass is 394 g/mol. The third-order valence-electron chi connectivity index (χ3n) is 5.26. The van der Waals surface area contributed by atoms with E-state index in [1.54, 1.807) is 37.6 Å². The minimum atomic E-state index is -0.256. The summed E-state index contributed by atoms with van der Waals surface area (Å²) in [7, 11) is 1.57. The van der Waals surface area contributed by atoms with Gasteiger partial charge in [0.25, 0.3) is 5.91 Å². The number of ether oxygens (including phenoxy) is 1. The molecule has 0 spiro atoms. The van der Waals surface area contributed by atoms with Crippen LogP contribution in [0, 0.1) is 5.82 Å². The number of aromatic nitrogens is 1. The lowest BCUT2D eigenvalue weighted by Gasteiger charge is -2.31. The summed E-state index contributed by atoms with van der Waals surface area (Å²) in [6.45, 7) is 1.27. The molecule has 1 unspecified atom stereocenters. The van der Waals surface area contributed by atoms with Crippen molar-refractivity contribution in [3.05, 3.63) is 83.3 Å². The van der Waals surface area contributed by atoms with Crippen LogP contribution in [0.1, 0.15) is 46.3 Å². The van der Waals surface area contributed by atoms with Gasteiger partial charge in [0.15, 0.2) is 5.89 Å². The van der Waals surface area contributed by atoms with E-state index in [4.69, 9.17) is 9.15 Å². The minimum absolute atomic E-state index is 0.0368. The third kappa shape index (κ3) is 4.31. The summed E-state index contributed by atoms with van der Waals surface area (Å²) in [5.74, 6) is 1.74. The van der Waals surface area contributed by atoms with E-state index in [0.717, 1.165) is 24.2 Å². The molecule has 0 saturated carbocycles. The number of rotatable bonds is 5. The number of para-hydroxylation sites is 1. The maximum atomic E-state index is 13.1. The number of hydrogen-bond donors (Lipinski definition) is 0. The van der Waals surface area contributed by atoms with E-state index >= 15 is 0 Å². The number of methoxy groups -OCH3 is 1. The zero-order valence-corrected chi connectivity index (χ0v) is 16.3. The third-order valence-corrected chi connectivity index (χ3v) is 5.26. The Morgan fingerprint density at radius 2 is 2.03 bits per heavy atom. The molecule has 0 bridgehead atoms. The molecule has 1 saturated heterocycles. The standard InChI is InChI=1S/C23H23FN2O3/c1-28-21-7-3-2-6-20(21)23(27)26-12-4-5-17(15-26)22-25-14-19(29-22)13-16-8-10-18(24)11-9-16/h2-3,6-11,14,17H,4-5,12-13,15H2,1H3. The van der Waals surface area contributed by atoms with Gasteiger partial charge in [0.1, 0.15) is 17.3 Å². The largest absolute Gasteiger partial charge is 0.496 e. The van der Waals surface area contributed by atoms with Gasteiger partial charge in [-0.25, -0.2) is 9.37 Å². The fourth-order valence-electron chi connectivity index (χ4n) is 3.75. The number of oxazole rings is 1. The summed E-state index contributed by atoms with van der Waals surface area (Å²) < 4.78 is 24.4. The van der Waals surface area contributed by atoms with E-state index in [0.29, 0.717) is 36.7 Å². The molecule has 150 valence electrons. The second-order valence-corrected chi connectivity index (χ2v) is 7.26. The van der Waals surface area contributed by atoms with Gasteiger partial charge in [-0.1, -0.05) is 24.3 Å². The lowest BCUT2D eigenvalue weighted by atomic mass is 9.97. The van der Waals surface area contributed by atoms with Crippen LogP contribution in [0.4, 0.5) is 4.39 Å². The molecule has 0 N–H and O–H groups in total. The maximum absolute atomic E-state index is 13.1. The maximum Gasteiger partial charge on any atom is 0.257 e. The highest BCUT2D eigenvalue weighted by atomic mass is 19.1. The number of amides is 1. The quantitative estimate of drug-likeness (QED) is 0.642. The van der Waals surface area contributed by atoms with Crippen LogP contribution in [0.25, 0.3) is 0 Å². The van der Waals surface area contributed by atoms with Crippen molar-refractivity contribution in [2.24, 2.45) is 0 Å². The lowest BCUT2D eigenvalue weighted by Crippen LogP contribution is -2.39. The Labute approximate surface area is 169 Å². The fourth-order valence-corrected chi connectivity index (χ4v) is 3.75. The predicted octanol–water partition coefficient (Wildman–Crippen LogP) is 4.43. The van der Waals surface area contributed by atoms with Crippen LogP contribution < -0.4 is 4.74 Å². The van der Waals surface area contributed by atoms with Crippen LogP contribution >= 0.6 is 0 Å². The topological polar surface area (TPSA) is 55.6 Å². The van der Waals surface area contributed by atoms with E-state index in [1.807, 2.05) is 17.0 Å². The molecule has 6 heteroatoms. The zero-order chi connectivity index (χ0) is 20.2. The van der Waals surface area contributed by atoms with E-state index in [2.05, 4.69) is 4.98 Å². The highest BCUT2D eigenvalue weighted by Crippen LogP contribution is 2.29. The van der Waals surface area contributed by atoms with Crippen molar-refractivity contribution in [1.82, 2.24) is 9.88 Å². The Bertz CT molecular complexity index is 984. The van der Waals surface area contributed by atoms with Gasteiger partial charge >= 0.3 is 0 Å². The summed E-state index contributed by atoms with van der Waals surface area (Å²) in [5.41, 5.74) is 1.53. The van der Waals surface area contributed by atoms with Gasteiger partial charge in [-0.3, -0.25) is 4.79 Å². The second-order valence-electron chi connectivity index (χ2n) is 7.26. The summed E-state index contributed by atoms with van der Waals surface area (Å²) >= 11 is 0. The Morgan fingerprint density at radius 1 is 1.24 bits per heavy atom. The van der Waals surface area contributed by atoms with Crippen molar-refractivity contribution >= 4 is 5.91 Å². The van der Waals surface area contributed by atoms with E-state index in [-0.39, 0.29) is 17.6 Å². The molecule has 1 fully saturated rings. The van der Waals surface area contributed by atoms with Crippen LogP contribution in [0.5, 0.6) is 5.75 Å². The number of likely N-dealkylation sites (tertiary alicyclic amines) is 1. The highest BCUT2D eigenvalue weighted by Gasteiger charge is 2.29. The Balaban J connectivity index is 1.45. The normalized spacial score (nSPS) is 16.6. The Hall–Kier alpha value is -3.15. The number of benzene rings is 2. The number of carbonyl (C=O) groups excluding carboxylic acids is 1. The molecular formula is C23H23FN2O3. The van der Waals surface area contributed by atoms with E-state index in [1.165, 1.54) is 12.1 Å². The van der Waals surface area contributed by atoms with Crippen molar-refractivity contribution < 1.29 is 18.3 Å². The van der Waals surface area contributed by atoms with Crippen LogP contribution in [-0.2, 0) is 6.42 Å². The van der Waals surface area contributed by atoms with Crippen molar-refractivity contribution in [3.63, 3.8) is 0 Å². The Morgan fingerprint density at radius 3 is 2.83 bits per heavy atom. The predicted molar refractivity (Wildman–Crippen MR) is 107 cm³/mol. The molecule has 0 radical (unpaired) electrons. The number of halogens is 1. The first-order chi connectivity index (χ1) is 14.1. The smallest absolute Gasteiger partial charge is 0.257 e. The van der Waals surface area contributed by atoms with Gasteiger partial charge in [0, 0.05) is 19.5 Å². The summed E-state index contributed by atoms with van der Waals surface area (Å²) in [6, 6.07) is 13.6. The molecule has 4 rings (SSSR count). The minimum Gasteiger partial charge on any atom is -0.496 e. The molecular weight excluding hydrogens is 371 g/mol. The molecule has 2 aromatic carbocycles. The van der Waals surface area contributed by atoms with E-state index < -0.39 is 0 Å². The summed E-state index contributed by atoms with van der Waals surface area (Å²) in [6.07, 6.45) is 4.09. The first-order valence-electron chi connectivity index (χ1n) is 9.75. The molecule has 1 aliphatic rings. The molecule has 1 amide bonds. The van der Waals surface area contributed by atoms with Crippen LogP contribution in [-0.4, -0.2) is 36.0 Å². The first kappa shape index (κ1) is 19.2. The molecule has 3 aromatic rings. The average molecular weight is 394 g/mol. The number of piperidine rings is 1. The number of hydrogen-bond acceptors (Lipinski definition) is 4. The van der Waals surface area contributed by atoms with Crippen molar-refractivity contribution in [2.75, 3.05) is 20.2 Å². The van der Waals surface area contributed by atoms with Gasteiger partial charge in [0.05, 0.1) is 24.8 Å². The van der Waals surface area contributed by atoms with Crippen LogP contribution in [0.3, 0.4) is 0 Å². The second kappa shape index (κ2) is 8.47. The number of carbonyl (C=O) groups is 1. The van der Waals surface area contributed by atoms with Crippen molar-refractivity contribution in [1.29, 1.82) is 0 Å². The van der Waals surface area contributed by atoms with Gasteiger partial charge in [0.2, 0.25) is 0 Å². The van der Waals surface area contributed by atoms with E-state index in [9.17, 15) is 9.18 Å². The van der Waals surface area contributed by atoms with Gasteiger partial charge in [-0.05, 0) is 42.7 Å². The molecule has 29 heavy (non-hydrogen) atoms. The van der Waals surface area contributed by atoms with Gasteiger partial charge < -0.3 is 14.1 Å². The molecule has 2 heterocycles. The first-order valence-corrected chi connectivity index (χ1v) is 9.75. The van der Waals surface area contributed by atoms with Gasteiger partial charge in [-0.2, -0.15) is 0 Å².